The van der Waals surface area contributed by atoms with Crippen LogP contribution in [-0.4, -0.2) is 86.7 Å². The normalized spacial score (nSPS) is 14.0. The number of rotatable bonds is 10. The van der Waals surface area contributed by atoms with Gasteiger partial charge in [0.2, 0.25) is 11.1 Å². The zero-order chi connectivity index (χ0) is 59.8. The molecule has 2 aliphatic rings. The van der Waals surface area contributed by atoms with Crippen LogP contribution in [0.5, 0.6) is 11.5 Å². The van der Waals surface area contributed by atoms with E-state index in [9.17, 15) is 29.2 Å². The van der Waals surface area contributed by atoms with Crippen molar-refractivity contribution in [2.45, 2.75) is 133 Å². The van der Waals surface area contributed by atoms with Crippen LogP contribution >= 0.6 is 15.9 Å². The fourth-order valence-corrected chi connectivity index (χ4v) is 11.1. The highest BCUT2D eigenvalue weighted by Gasteiger charge is 2.33. The van der Waals surface area contributed by atoms with Crippen LogP contribution in [0, 0.1) is 24.7 Å². The Morgan fingerprint density at radius 3 is 1.57 bits per heavy atom. The number of aryl methyl sites for hydroxylation is 2. The smallest absolute Gasteiger partial charge is 0.490 e. The quantitative estimate of drug-likeness (QED) is 0.0739. The molecule has 2 atom stereocenters. The molecule has 82 heavy (non-hydrogen) atoms. The zero-order valence-electron chi connectivity index (χ0n) is 49.3. The summed E-state index contributed by atoms with van der Waals surface area (Å²) in [7, 11) is -1.50. The first-order chi connectivity index (χ1) is 38.4. The second kappa shape index (κ2) is 24.1. The van der Waals surface area contributed by atoms with E-state index in [0.717, 1.165) is 106 Å². The number of nitrogens with zero attached hydrogens (tertiary/aromatic N) is 2. The van der Waals surface area contributed by atoms with Crippen LogP contribution in [0.1, 0.15) is 129 Å². The van der Waals surface area contributed by atoms with Gasteiger partial charge >= 0.3 is 19.1 Å². The van der Waals surface area contributed by atoms with E-state index in [4.69, 9.17) is 33.4 Å². The molecular weight excluding hydrogens is 1110 g/mol. The number of benzene rings is 4. The van der Waals surface area contributed by atoms with Crippen molar-refractivity contribution >= 4 is 84.1 Å². The maximum atomic E-state index is 12.8. The van der Waals surface area contributed by atoms with E-state index >= 15 is 0 Å². The lowest BCUT2D eigenvalue weighted by Crippen LogP contribution is -2.31. The summed E-state index contributed by atoms with van der Waals surface area (Å²) >= 11 is 3.67. The van der Waals surface area contributed by atoms with E-state index in [-0.39, 0.29) is 36.3 Å². The number of nitrogens with one attached hydrogen (secondary N) is 2. The third kappa shape index (κ3) is 13.9. The van der Waals surface area contributed by atoms with Crippen LogP contribution in [0.25, 0.3) is 54.7 Å². The first-order valence-corrected chi connectivity index (χ1v) is 28.3. The van der Waals surface area contributed by atoms with Gasteiger partial charge in [-0.05, 0) is 201 Å². The summed E-state index contributed by atoms with van der Waals surface area (Å²) in [5, 5.41) is 22.2. The molecule has 0 saturated carbocycles. The fraction of sp³-hybridized carbons (Fsp3) is 0.406. The van der Waals surface area contributed by atoms with Crippen molar-refractivity contribution in [1.82, 2.24) is 19.9 Å². The average molecular weight is 1180 g/mol. The van der Waals surface area contributed by atoms with Gasteiger partial charge in [-0.2, -0.15) is 0 Å². The van der Waals surface area contributed by atoms with Crippen molar-refractivity contribution < 1.29 is 48.1 Å². The molecule has 0 saturated heterocycles. The van der Waals surface area contributed by atoms with Crippen molar-refractivity contribution in [2.75, 3.05) is 26.4 Å². The number of aromatic nitrogens is 4. The summed E-state index contributed by atoms with van der Waals surface area (Å²) in [6, 6.07) is 21.9. The summed E-state index contributed by atoms with van der Waals surface area (Å²) in [6.45, 7) is 28.2. The monoisotopic (exact) mass is 1180 g/mol. The molecular formula is C64H74BBrN4O12. The molecule has 0 spiro atoms. The molecule has 0 unspecified atom stereocenters. The Balaban J connectivity index is 0.000000176. The predicted molar refractivity (Wildman–Crippen MR) is 325 cm³/mol. The topological polar surface area (TPSA) is 221 Å². The van der Waals surface area contributed by atoms with Gasteiger partial charge in [-0.1, -0.05) is 6.07 Å². The van der Waals surface area contributed by atoms with Crippen LogP contribution < -0.4 is 26.1 Å². The highest BCUT2D eigenvalue weighted by Crippen LogP contribution is 2.45. The van der Waals surface area contributed by atoms with Crippen molar-refractivity contribution in [3.05, 3.63) is 144 Å². The second-order valence-corrected chi connectivity index (χ2v) is 25.6. The summed E-state index contributed by atoms with van der Waals surface area (Å²) < 4.78 is 36.6. The molecule has 4 aromatic carbocycles. The molecule has 4 aromatic heterocycles. The average Bonchev–Trinajstić information content (AvgIpc) is 3.18. The largest absolute Gasteiger partial charge is 0.493 e. The predicted octanol–water partition coefficient (Wildman–Crippen LogP) is 11.3. The number of ether oxygens (including phenoxy) is 6. The van der Waals surface area contributed by atoms with E-state index in [0.29, 0.717) is 24.2 Å². The standard InChI is InChI=1S/C32H36N2O5.C21H28BrNO4.C11H10BNO3/c1-18-16-22-20(9-11-25(35)34-22)28(21-8-10-23-27-19(13-15-37-23)12-14-33-29(21)27)26(18)24(39-32(5,6)7)17-38-30(36)31(2,3)4;1-12-10-14-13(8-9-16(24)23-14)18(22)17(12)15(27-21(5,6)7)11-26-19(25)20(2,3)4;14-12(15)8-1-2-9-10-7(4-6-16-9)3-5-13-11(8)10/h8-12,14,16,24H,13,15,17H2,1-7H3,(H,34,35);8-10,15H,11H2,1-7H3,(H,23,24);1-3,5,14-15H,4,6H2/t24-;15-;/m11./s1. The molecule has 18 heteroatoms. The molecule has 0 aliphatic carbocycles. The van der Waals surface area contributed by atoms with Crippen molar-refractivity contribution in [3.63, 3.8) is 0 Å². The number of hydrogen-bond acceptors (Lipinski definition) is 14. The molecule has 16 nitrogen and oxygen atoms in total. The second-order valence-electron chi connectivity index (χ2n) is 24.8. The van der Waals surface area contributed by atoms with Gasteiger partial charge in [0, 0.05) is 91.0 Å². The first kappa shape index (κ1) is 61.1. The molecule has 432 valence electrons. The van der Waals surface area contributed by atoms with Gasteiger partial charge in [0.25, 0.3) is 0 Å². The van der Waals surface area contributed by atoms with Crippen molar-refractivity contribution in [3.8, 4) is 22.6 Å². The number of carbonyl (C=O) groups is 2. The zero-order valence-corrected chi connectivity index (χ0v) is 50.9. The number of H-pyrrole nitrogens is 2. The number of halogens is 1. The Kier molecular flexibility index (Phi) is 18.0. The molecule has 0 amide bonds. The van der Waals surface area contributed by atoms with E-state index in [1.54, 1.807) is 24.4 Å². The number of fused-ring (bicyclic) bond motifs is 2. The summed E-state index contributed by atoms with van der Waals surface area (Å²) in [4.78, 5) is 63.9. The Morgan fingerprint density at radius 2 is 1.07 bits per heavy atom. The molecule has 6 heterocycles. The number of carbonyl (C=O) groups excluding carboxylic acids is 2. The van der Waals surface area contributed by atoms with Crippen LogP contribution in [-0.2, 0) is 41.4 Å². The SMILES string of the molecule is Cc1cc2[nH]c(=O)ccc2c(-c2ccc3c4c(ccnc24)CCO3)c1[C@@H](COC(=O)C(C)(C)C)OC(C)(C)C.Cc1cc2[nH]c(=O)ccc2c(Br)c1[C@@H](COC(=O)C(C)(C)C)OC(C)(C)C.OB(O)c1ccc2c3c(ccnc13)CCO2. The number of hydrogen-bond donors (Lipinski definition) is 4. The molecule has 0 fully saturated rings. The van der Waals surface area contributed by atoms with Gasteiger partial charge in [-0.25, -0.2) is 0 Å². The van der Waals surface area contributed by atoms with Crippen LogP contribution in [0.3, 0.4) is 0 Å². The third-order valence-electron chi connectivity index (χ3n) is 13.8. The van der Waals surface area contributed by atoms with Gasteiger partial charge in [0.05, 0.1) is 46.3 Å². The Hall–Kier alpha value is -6.96. The molecule has 8 aromatic rings. The van der Waals surface area contributed by atoms with Crippen LogP contribution in [0.15, 0.2) is 99.3 Å². The minimum atomic E-state index is -1.50. The van der Waals surface area contributed by atoms with Crippen molar-refractivity contribution in [1.29, 1.82) is 0 Å². The maximum absolute atomic E-state index is 12.8. The van der Waals surface area contributed by atoms with Gasteiger partial charge in [0.15, 0.2) is 0 Å². The van der Waals surface area contributed by atoms with E-state index in [1.165, 1.54) is 17.7 Å². The highest BCUT2D eigenvalue weighted by atomic mass is 79.9. The molecule has 4 N–H and O–H groups in total. The Bertz CT molecular complexity index is 3830. The molecule has 0 bridgehead atoms. The lowest BCUT2D eigenvalue weighted by molar-refractivity contribution is -0.162. The first-order valence-electron chi connectivity index (χ1n) is 27.5. The van der Waals surface area contributed by atoms with E-state index < -0.39 is 41.4 Å². The number of esters is 2. The molecule has 2 aliphatic heterocycles. The lowest BCUT2D eigenvalue weighted by Gasteiger charge is -2.31. The molecule has 10 rings (SSSR count). The Labute approximate surface area is 486 Å². The van der Waals surface area contributed by atoms with E-state index in [1.807, 2.05) is 146 Å². The summed E-state index contributed by atoms with van der Waals surface area (Å²) in [5.74, 6) is 1.02. The van der Waals surface area contributed by atoms with Gasteiger partial charge in [-0.3, -0.25) is 29.1 Å². The van der Waals surface area contributed by atoms with E-state index in [2.05, 4.69) is 30.9 Å². The third-order valence-corrected chi connectivity index (χ3v) is 14.6. The van der Waals surface area contributed by atoms with Gasteiger partial charge in [0.1, 0.15) is 36.9 Å². The number of pyridine rings is 4. The number of aromatic amines is 2. The highest BCUT2D eigenvalue weighted by molar-refractivity contribution is 9.10. The van der Waals surface area contributed by atoms with Crippen molar-refractivity contribution in [2.24, 2.45) is 10.8 Å². The summed E-state index contributed by atoms with van der Waals surface area (Å²) in [5.41, 5.74) is 8.62. The fourth-order valence-electron chi connectivity index (χ4n) is 10.1. The van der Waals surface area contributed by atoms with Crippen LogP contribution in [0.4, 0.5) is 0 Å². The Morgan fingerprint density at radius 1 is 0.622 bits per heavy atom. The van der Waals surface area contributed by atoms with Crippen LogP contribution in [0.2, 0.25) is 0 Å². The minimum absolute atomic E-state index is 0.0495. The lowest BCUT2D eigenvalue weighted by atomic mass is 9.78. The molecule has 0 radical (unpaired) electrons. The minimum Gasteiger partial charge on any atom is -0.493 e. The summed E-state index contributed by atoms with van der Waals surface area (Å²) in [6.07, 6.45) is 4.16. The van der Waals surface area contributed by atoms with Gasteiger partial charge in [-0.15, -0.1) is 0 Å². The maximum Gasteiger partial charge on any atom is 0.490 e. The van der Waals surface area contributed by atoms with Gasteiger partial charge < -0.3 is 48.4 Å².